The van der Waals surface area contributed by atoms with Crippen molar-refractivity contribution < 1.29 is 9.59 Å². The summed E-state index contributed by atoms with van der Waals surface area (Å²) in [5.41, 5.74) is 13.1. The number of rotatable bonds is 6. The smallest absolute Gasteiger partial charge is 0.249 e. The molecule has 1 aromatic heterocycles. The van der Waals surface area contributed by atoms with Gasteiger partial charge in [0.15, 0.2) is 0 Å². The molecule has 6 heteroatoms. The minimum atomic E-state index is -0.644. The van der Waals surface area contributed by atoms with E-state index in [1.165, 1.54) is 10.9 Å². The van der Waals surface area contributed by atoms with Crippen molar-refractivity contribution in [2.75, 3.05) is 0 Å². The van der Waals surface area contributed by atoms with E-state index < -0.39 is 12.1 Å². The van der Waals surface area contributed by atoms with Crippen molar-refractivity contribution >= 4 is 12.2 Å². The second kappa shape index (κ2) is 6.92. The van der Waals surface area contributed by atoms with Crippen LogP contribution < -0.4 is 11.5 Å². The second-order valence-electron chi connectivity index (χ2n) is 4.91. The van der Waals surface area contributed by atoms with Gasteiger partial charge in [-0.15, -0.1) is 0 Å². The van der Waals surface area contributed by atoms with Crippen molar-refractivity contribution in [3.63, 3.8) is 0 Å². The van der Waals surface area contributed by atoms with Gasteiger partial charge in [-0.2, -0.15) is 0 Å². The van der Waals surface area contributed by atoms with E-state index in [-0.39, 0.29) is 5.91 Å². The largest absolute Gasteiger partial charge is 0.321 e. The summed E-state index contributed by atoms with van der Waals surface area (Å²) in [4.78, 5) is 26.8. The minimum Gasteiger partial charge on any atom is -0.321 e. The van der Waals surface area contributed by atoms with Gasteiger partial charge in [-0.3, -0.25) is 9.36 Å². The third-order valence-electron chi connectivity index (χ3n) is 3.13. The normalized spacial score (nSPS) is 13.6. The van der Waals surface area contributed by atoms with Gasteiger partial charge in [0, 0.05) is 12.6 Å². The Bertz CT molecular complexity index is 609. The van der Waals surface area contributed by atoms with Gasteiger partial charge >= 0.3 is 0 Å². The topological polar surface area (TPSA) is 104 Å². The van der Waals surface area contributed by atoms with Gasteiger partial charge < -0.3 is 16.3 Å². The number of nitrogens with zero attached hydrogens (tertiary/aromatic N) is 2. The average molecular weight is 286 g/mol. The molecular formula is C15H18N4O2. The van der Waals surface area contributed by atoms with Crippen molar-refractivity contribution in [1.82, 2.24) is 9.55 Å². The summed E-state index contributed by atoms with van der Waals surface area (Å²) >= 11 is 0. The zero-order chi connectivity index (χ0) is 15.2. The van der Waals surface area contributed by atoms with Gasteiger partial charge in [0.2, 0.25) is 5.91 Å². The molecule has 110 valence electrons. The van der Waals surface area contributed by atoms with E-state index >= 15 is 0 Å². The predicted molar refractivity (Wildman–Crippen MR) is 78.7 cm³/mol. The molecular weight excluding hydrogens is 268 g/mol. The number of hydrogen-bond donors (Lipinski definition) is 2. The molecule has 2 aromatic rings. The number of aldehydes is 1. The van der Waals surface area contributed by atoms with E-state index in [1.807, 2.05) is 30.3 Å². The maximum absolute atomic E-state index is 12.2. The lowest BCUT2D eigenvalue weighted by Gasteiger charge is -2.10. The van der Waals surface area contributed by atoms with E-state index in [1.54, 1.807) is 6.20 Å². The van der Waals surface area contributed by atoms with Crippen LogP contribution in [0.3, 0.4) is 0 Å². The summed E-state index contributed by atoms with van der Waals surface area (Å²) in [7, 11) is 0. The zero-order valence-corrected chi connectivity index (χ0v) is 11.6. The molecule has 1 aromatic carbocycles. The van der Waals surface area contributed by atoms with Gasteiger partial charge in [-0.1, -0.05) is 30.3 Å². The molecule has 0 bridgehead atoms. The number of hydrogen-bond acceptors (Lipinski definition) is 5. The number of aromatic nitrogens is 2. The van der Waals surface area contributed by atoms with Gasteiger partial charge in [0.25, 0.3) is 0 Å². The molecule has 2 atom stereocenters. The maximum Gasteiger partial charge on any atom is 0.249 e. The van der Waals surface area contributed by atoms with E-state index in [4.69, 9.17) is 11.5 Å². The highest BCUT2D eigenvalue weighted by molar-refractivity contribution is 5.84. The molecule has 6 nitrogen and oxygen atoms in total. The first-order valence-corrected chi connectivity index (χ1v) is 6.67. The van der Waals surface area contributed by atoms with Gasteiger partial charge in [0.05, 0.1) is 17.8 Å². The highest BCUT2D eigenvalue weighted by Gasteiger charge is 2.17. The third-order valence-corrected chi connectivity index (χ3v) is 3.13. The predicted octanol–water partition coefficient (Wildman–Crippen LogP) is 0.162. The summed E-state index contributed by atoms with van der Waals surface area (Å²) in [5.74, 6) is -0.239. The number of benzene rings is 1. The molecule has 21 heavy (non-hydrogen) atoms. The highest BCUT2D eigenvalue weighted by atomic mass is 16.2. The Kier molecular flexibility index (Phi) is 4.97. The number of carbonyl (C=O) groups excluding carboxylic acids is 2. The fourth-order valence-electron chi connectivity index (χ4n) is 2.03. The Hall–Kier alpha value is -2.31. The van der Waals surface area contributed by atoms with Crippen LogP contribution in [0.2, 0.25) is 0 Å². The molecule has 0 fully saturated rings. The number of carbonyl (C=O) groups is 2. The second-order valence-corrected chi connectivity index (χ2v) is 4.91. The van der Waals surface area contributed by atoms with Crippen LogP contribution >= 0.6 is 0 Å². The molecule has 1 heterocycles. The number of imidazole rings is 1. The van der Waals surface area contributed by atoms with Crippen LogP contribution in [0.5, 0.6) is 0 Å². The third kappa shape index (κ3) is 4.08. The fourth-order valence-corrected chi connectivity index (χ4v) is 2.03. The Morgan fingerprint density at radius 3 is 2.62 bits per heavy atom. The summed E-state index contributed by atoms with van der Waals surface area (Å²) in [6.45, 7) is 0. The first-order valence-electron chi connectivity index (χ1n) is 6.67. The van der Waals surface area contributed by atoms with Gasteiger partial charge in [-0.25, -0.2) is 4.98 Å². The molecule has 0 saturated carbocycles. The van der Waals surface area contributed by atoms with Crippen LogP contribution in [-0.2, 0) is 17.6 Å². The molecule has 2 rings (SSSR count). The van der Waals surface area contributed by atoms with Crippen molar-refractivity contribution in [3.8, 4) is 0 Å². The van der Waals surface area contributed by atoms with Crippen molar-refractivity contribution in [2.45, 2.75) is 24.9 Å². The summed E-state index contributed by atoms with van der Waals surface area (Å²) in [5, 5.41) is 0. The van der Waals surface area contributed by atoms with Crippen LogP contribution in [0, 0.1) is 0 Å². The van der Waals surface area contributed by atoms with Crippen LogP contribution in [0.25, 0.3) is 0 Å². The molecule has 0 radical (unpaired) electrons. The van der Waals surface area contributed by atoms with Crippen molar-refractivity contribution in [1.29, 1.82) is 0 Å². The molecule has 0 unspecified atom stereocenters. The monoisotopic (exact) mass is 286 g/mol. The molecule has 0 spiro atoms. The standard InChI is InChI=1S/C15H18N4O2/c16-12(9-20)7-13-8-19(10-18-13)15(21)14(17)6-11-4-2-1-3-5-11/h1-5,8-10,12,14H,6-7,16-17H2/t12-,14-/m0/s1. The molecule has 0 aliphatic carbocycles. The lowest BCUT2D eigenvalue weighted by atomic mass is 10.1. The van der Waals surface area contributed by atoms with Crippen LogP contribution in [0.15, 0.2) is 42.9 Å². The Morgan fingerprint density at radius 1 is 1.24 bits per heavy atom. The molecule has 0 aliphatic heterocycles. The summed E-state index contributed by atoms with van der Waals surface area (Å²) in [6, 6.07) is 8.32. The Balaban J connectivity index is 2.01. The van der Waals surface area contributed by atoms with Gasteiger partial charge in [-0.05, 0) is 12.0 Å². The van der Waals surface area contributed by atoms with E-state index in [0.717, 1.165) is 5.56 Å². The van der Waals surface area contributed by atoms with Crippen LogP contribution in [0.1, 0.15) is 16.1 Å². The quantitative estimate of drug-likeness (QED) is 0.736. The molecule has 0 amide bonds. The van der Waals surface area contributed by atoms with Gasteiger partial charge in [0.1, 0.15) is 12.6 Å². The average Bonchev–Trinajstić information content (AvgIpc) is 2.95. The highest BCUT2D eigenvalue weighted by Crippen LogP contribution is 2.05. The van der Waals surface area contributed by atoms with E-state index in [0.29, 0.717) is 24.8 Å². The Labute approximate surface area is 122 Å². The molecule has 0 aliphatic rings. The molecule has 4 N–H and O–H groups in total. The first kappa shape index (κ1) is 15.1. The Morgan fingerprint density at radius 2 is 1.95 bits per heavy atom. The summed E-state index contributed by atoms with van der Waals surface area (Å²) < 4.78 is 1.35. The first-order chi connectivity index (χ1) is 10.1. The molecule has 0 saturated heterocycles. The van der Waals surface area contributed by atoms with Crippen molar-refractivity contribution in [2.24, 2.45) is 11.5 Å². The van der Waals surface area contributed by atoms with Crippen molar-refractivity contribution in [3.05, 3.63) is 54.1 Å². The lowest BCUT2D eigenvalue weighted by Crippen LogP contribution is -2.36. The van der Waals surface area contributed by atoms with Crippen LogP contribution in [-0.4, -0.2) is 33.8 Å². The maximum atomic E-state index is 12.2. The van der Waals surface area contributed by atoms with E-state index in [2.05, 4.69) is 4.98 Å². The minimum absolute atomic E-state index is 0.239. The van der Waals surface area contributed by atoms with E-state index in [9.17, 15) is 9.59 Å². The zero-order valence-electron chi connectivity index (χ0n) is 11.6. The SMILES string of the molecule is N[C@H](C=O)Cc1cn(C(=O)[C@@H](N)Cc2ccccc2)cn1. The number of nitrogens with two attached hydrogens (primary N) is 2. The summed E-state index contributed by atoms with van der Waals surface area (Å²) in [6.07, 6.45) is 4.39. The lowest BCUT2D eigenvalue weighted by molar-refractivity contribution is -0.108. The fraction of sp³-hybridized carbons (Fsp3) is 0.267. The van der Waals surface area contributed by atoms with Crippen LogP contribution in [0.4, 0.5) is 0 Å².